The number of rotatable bonds is 3. The van der Waals surface area contributed by atoms with Crippen molar-refractivity contribution >= 4 is 29.4 Å². The van der Waals surface area contributed by atoms with E-state index >= 15 is 0 Å². The maximum atomic E-state index is 12.7. The second-order valence-electron chi connectivity index (χ2n) is 7.97. The van der Waals surface area contributed by atoms with Gasteiger partial charge in [-0.25, -0.2) is 9.59 Å². The van der Waals surface area contributed by atoms with Crippen LogP contribution in [0.5, 0.6) is 5.75 Å². The quantitative estimate of drug-likeness (QED) is 0.618. The Balaban J connectivity index is 0.000000469. The zero-order valence-corrected chi connectivity index (χ0v) is 17.8. The van der Waals surface area contributed by atoms with Crippen LogP contribution in [0, 0.1) is 11.8 Å². The molecule has 0 aromatic heterocycles. The van der Waals surface area contributed by atoms with Crippen molar-refractivity contribution in [2.75, 3.05) is 26.2 Å². The summed E-state index contributed by atoms with van der Waals surface area (Å²) in [5.41, 5.74) is 0.858. The number of phenols is 1. The zero-order valence-electron chi connectivity index (χ0n) is 17.1. The molecule has 166 valence electrons. The highest BCUT2D eigenvalue weighted by molar-refractivity contribution is 6.30. The molecule has 1 unspecified atom stereocenters. The molecule has 0 radical (unpaired) electrons. The van der Waals surface area contributed by atoms with Gasteiger partial charge < -0.3 is 20.2 Å². The van der Waals surface area contributed by atoms with Crippen LogP contribution >= 0.6 is 11.6 Å². The molecule has 0 spiro atoms. The lowest BCUT2D eigenvalue weighted by molar-refractivity contribution is -0.159. The van der Waals surface area contributed by atoms with Gasteiger partial charge in [0.25, 0.3) is 0 Å². The maximum Gasteiger partial charge on any atom is 0.414 e. The van der Waals surface area contributed by atoms with Crippen molar-refractivity contribution in [3.05, 3.63) is 28.8 Å². The van der Waals surface area contributed by atoms with E-state index in [1.54, 1.807) is 12.1 Å². The average Bonchev–Trinajstić information content (AvgIpc) is 2.71. The Labute approximate surface area is 181 Å². The van der Waals surface area contributed by atoms with Gasteiger partial charge in [0, 0.05) is 36.1 Å². The number of benzene rings is 1. The highest BCUT2D eigenvalue weighted by Gasteiger charge is 2.30. The molecular weight excluding hydrogens is 412 g/mol. The number of likely N-dealkylation sites (tertiary alicyclic amines) is 2. The molecule has 0 bridgehead atoms. The number of aliphatic carboxylic acids is 2. The number of piperidine rings is 2. The number of hydrogen-bond donors (Lipinski definition) is 3. The molecule has 1 atom stereocenters. The molecule has 8 nitrogen and oxygen atoms in total. The van der Waals surface area contributed by atoms with Gasteiger partial charge in [0.2, 0.25) is 5.91 Å². The topological polar surface area (TPSA) is 118 Å². The highest BCUT2D eigenvalue weighted by Crippen LogP contribution is 2.27. The van der Waals surface area contributed by atoms with Crippen LogP contribution in [0.1, 0.15) is 38.2 Å². The van der Waals surface area contributed by atoms with Crippen LogP contribution in [0.4, 0.5) is 0 Å². The first-order valence-corrected chi connectivity index (χ1v) is 10.5. The number of nitrogens with zero attached hydrogens (tertiary/aromatic N) is 2. The first-order valence-electron chi connectivity index (χ1n) is 10.1. The van der Waals surface area contributed by atoms with Crippen molar-refractivity contribution in [2.24, 2.45) is 11.8 Å². The van der Waals surface area contributed by atoms with E-state index in [1.807, 2.05) is 6.07 Å². The van der Waals surface area contributed by atoms with E-state index < -0.39 is 11.9 Å². The van der Waals surface area contributed by atoms with Crippen molar-refractivity contribution in [3.63, 3.8) is 0 Å². The van der Waals surface area contributed by atoms with E-state index in [-0.39, 0.29) is 5.92 Å². The fourth-order valence-corrected chi connectivity index (χ4v) is 4.10. The first kappa shape index (κ1) is 24.0. The highest BCUT2D eigenvalue weighted by atomic mass is 35.5. The number of hydrogen-bond acceptors (Lipinski definition) is 5. The normalized spacial score (nSPS) is 20.2. The fraction of sp³-hybridized carbons (Fsp3) is 0.571. The van der Waals surface area contributed by atoms with Gasteiger partial charge in [-0.2, -0.15) is 0 Å². The predicted molar refractivity (Wildman–Crippen MR) is 111 cm³/mol. The van der Waals surface area contributed by atoms with Gasteiger partial charge in [-0.1, -0.05) is 18.5 Å². The maximum absolute atomic E-state index is 12.7. The van der Waals surface area contributed by atoms with Crippen LogP contribution in [0.15, 0.2) is 18.2 Å². The lowest BCUT2D eigenvalue weighted by atomic mass is 9.92. The van der Waals surface area contributed by atoms with Crippen LogP contribution in [0.25, 0.3) is 0 Å². The summed E-state index contributed by atoms with van der Waals surface area (Å²) in [4.78, 5) is 35.3. The van der Waals surface area contributed by atoms with Crippen molar-refractivity contribution in [1.82, 2.24) is 9.80 Å². The summed E-state index contributed by atoms with van der Waals surface area (Å²) in [6.07, 6.45) is 4.20. The molecule has 2 aliphatic rings. The van der Waals surface area contributed by atoms with E-state index in [0.717, 1.165) is 51.0 Å². The Morgan fingerprint density at radius 2 is 1.70 bits per heavy atom. The van der Waals surface area contributed by atoms with Crippen LogP contribution < -0.4 is 0 Å². The van der Waals surface area contributed by atoms with E-state index in [9.17, 15) is 9.90 Å². The first-order chi connectivity index (χ1) is 14.2. The van der Waals surface area contributed by atoms with Crippen molar-refractivity contribution in [3.8, 4) is 5.75 Å². The third kappa shape index (κ3) is 7.18. The molecule has 0 saturated carbocycles. The minimum absolute atomic E-state index is 0.166. The summed E-state index contributed by atoms with van der Waals surface area (Å²) in [7, 11) is 0. The third-order valence-electron chi connectivity index (χ3n) is 5.52. The lowest BCUT2D eigenvalue weighted by Crippen LogP contribution is -2.45. The molecule has 1 aromatic carbocycles. The molecule has 3 N–H and O–H groups in total. The molecule has 2 saturated heterocycles. The average molecular weight is 441 g/mol. The van der Waals surface area contributed by atoms with Crippen molar-refractivity contribution in [1.29, 1.82) is 0 Å². The summed E-state index contributed by atoms with van der Waals surface area (Å²) < 4.78 is 0. The zero-order chi connectivity index (χ0) is 22.3. The van der Waals surface area contributed by atoms with Crippen LogP contribution in [0.2, 0.25) is 5.02 Å². The number of carbonyl (C=O) groups excluding carboxylic acids is 1. The molecule has 2 heterocycles. The standard InChI is InChI=1S/C19H27ClN2O2.C2H2O4/c1-14-3-2-8-22(12-14)19(24)15-6-9-21(10-7-15)13-16-11-17(20)4-5-18(16)23;3-1(4)2(5)6/h4-5,11,14-15,23H,2-3,6-10,12-13H2,1H3;(H,3,4)(H,5,6). The van der Waals surface area contributed by atoms with Crippen molar-refractivity contribution in [2.45, 2.75) is 39.2 Å². The van der Waals surface area contributed by atoms with E-state index in [2.05, 4.69) is 16.7 Å². The van der Waals surface area contributed by atoms with Gasteiger partial charge >= 0.3 is 11.9 Å². The molecule has 1 amide bonds. The molecule has 9 heteroatoms. The van der Waals surface area contributed by atoms with E-state index in [4.69, 9.17) is 31.4 Å². The Bertz CT molecular complexity index is 752. The summed E-state index contributed by atoms with van der Waals surface area (Å²) in [5.74, 6) is -2.20. The number of carboxylic acids is 2. The molecular formula is C21H29ClN2O6. The van der Waals surface area contributed by atoms with Gasteiger partial charge in [0.15, 0.2) is 0 Å². The summed E-state index contributed by atoms with van der Waals surface area (Å²) >= 11 is 6.02. The molecule has 30 heavy (non-hydrogen) atoms. The number of carbonyl (C=O) groups is 3. The molecule has 1 aromatic rings. The summed E-state index contributed by atoms with van der Waals surface area (Å²) in [6.45, 7) is 6.57. The van der Waals surface area contributed by atoms with Crippen LogP contribution in [-0.4, -0.2) is 69.1 Å². The largest absolute Gasteiger partial charge is 0.508 e. The van der Waals surface area contributed by atoms with E-state index in [0.29, 0.717) is 29.1 Å². The van der Waals surface area contributed by atoms with Gasteiger partial charge in [-0.3, -0.25) is 9.69 Å². The Kier molecular flexibility index (Phi) is 8.92. The van der Waals surface area contributed by atoms with E-state index in [1.165, 1.54) is 6.42 Å². The van der Waals surface area contributed by atoms with Gasteiger partial charge in [0.1, 0.15) is 5.75 Å². The summed E-state index contributed by atoms with van der Waals surface area (Å²) in [5, 5.41) is 25.4. The number of amides is 1. The molecule has 2 fully saturated rings. The van der Waals surface area contributed by atoms with Crippen LogP contribution in [0.3, 0.4) is 0 Å². The fourth-order valence-electron chi connectivity index (χ4n) is 3.91. The van der Waals surface area contributed by atoms with Crippen LogP contribution in [-0.2, 0) is 20.9 Å². The monoisotopic (exact) mass is 440 g/mol. The Morgan fingerprint density at radius 3 is 2.27 bits per heavy atom. The Morgan fingerprint density at radius 1 is 1.07 bits per heavy atom. The molecule has 3 rings (SSSR count). The minimum atomic E-state index is -1.82. The lowest BCUT2D eigenvalue weighted by Gasteiger charge is -2.37. The minimum Gasteiger partial charge on any atom is -0.508 e. The van der Waals surface area contributed by atoms with Gasteiger partial charge in [0.05, 0.1) is 0 Å². The number of halogens is 1. The summed E-state index contributed by atoms with van der Waals surface area (Å²) in [6, 6.07) is 5.17. The number of phenolic OH excluding ortho intramolecular Hbond substituents is 1. The smallest absolute Gasteiger partial charge is 0.414 e. The molecule has 2 aliphatic heterocycles. The van der Waals surface area contributed by atoms with Crippen molar-refractivity contribution < 1.29 is 29.7 Å². The second kappa shape index (κ2) is 11.2. The molecule has 0 aliphatic carbocycles. The predicted octanol–water partition coefficient (Wildman–Crippen LogP) is 2.67. The van der Waals surface area contributed by atoms with Gasteiger partial charge in [-0.15, -0.1) is 0 Å². The second-order valence-corrected chi connectivity index (χ2v) is 8.40. The SMILES string of the molecule is CC1CCCN(C(=O)C2CCN(Cc3cc(Cl)ccc3O)CC2)C1.O=C(O)C(=O)O. The number of carboxylic acid groups (broad SMARTS) is 2. The number of aromatic hydroxyl groups is 1. The Hall–Kier alpha value is -2.32. The third-order valence-corrected chi connectivity index (χ3v) is 5.76. The van der Waals surface area contributed by atoms with Gasteiger partial charge in [-0.05, 0) is 62.9 Å².